The smallest absolute Gasteiger partial charge is 0.236 e. The average Bonchev–Trinajstić information content (AvgIpc) is 2.63. The third-order valence-corrected chi connectivity index (χ3v) is 4.39. The molecule has 1 saturated heterocycles. The molecule has 2 aromatic rings. The Morgan fingerprint density at radius 1 is 1.21 bits per heavy atom. The Morgan fingerprint density at radius 3 is 2.71 bits per heavy atom. The molecule has 0 spiro atoms. The van der Waals surface area contributed by atoms with Crippen molar-refractivity contribution in [2.24, 2.45) is 5.92 Å². The molecule has 0 amide bonds. The Labute approximate surface area is 142 Å². The first-order valence-electron chi connectivity index (χ1n) is 8.25. The molecule has 1 aliphatic heterocycles. The summed E-state index contributed by atoms with van der Waals surface area (Å²) in [6.07, 6.45) is 9.50. The van der Waals surface area contributed by atoms with Gasteiger partial charge in [-0.2, -0.15) is 0 Å². The summed E-state index contributed by atoms with van der Waals surface area (Å²) in [6, 6.07) is 6.88. The van der Waals surface area contributed by atoms with Crippen molar-refractivity contribution < 1.29 is 9.13 Å². The van der Waals surface area contributed by atoms with Crippen LogP contribution in [0.2, 0.25) is 0 Å². The monoisotopic (exact) mass is 327 g/mol. The fourth-order valence-electron chi connectivity index (χ4n) is 3.00. The molecule has 1 aliphatic rings. The van der Waals surface area contributed by atoms with E-state index in [1.807, 2.05) is 12.1 Å². The molecule has 0 atom stereocenters. The third kappa shape index (κ3) is 4.17. The molecule has 0 aliphatic carbocycles. The van der Waals surface area contributed by atoms with Crippen molar-refractivity contribution in [1.82, 2.24) is 14.9 Å². The van der Waals surface area contributed by atoms with Gasteiger partial charge in [0.05, 0.1) is 7.11 Å². The quantitative estimate of drug-likeness (QED) is 0.842. The van der Waals surface area contributed by atoms with Gasteiger partial charge in [0.2, 0.25) is 5.88 Å². The molecule has 5 heteroatoms. The molecule has 0 radical (unpaired) electrons. The number of allylic oxidation sites excluding steroid dienone is 1. The molecule has 4 nitrogen and oxygen atoms in total. The normalized spacial score (nSPS) is 16.6. The Hall–Kier alpha value is -2.27. The Kier molecular flexibility index (Phi) is 5.54. The van der Waals surface area contributed by atoms with Crippen molar-refractivity contribution in [3.05, 3.63) is 59.8 Å². The summed E-state index contributed by atoms with van der Waals surface area (Å²) < 4.78 is 18.9. The van der Waals surface area contributed by atoms with Gasteiger partial charge in [0.25, 0.3) is 0 Å². The van der Waals surface area contributed by atoms with E-state index < -0.39 is 0 Å². The van der Waals surface area contributed by atoms with Gasteiger partial charge in [0.1, 0.15) is 11.5 Å². The number of benzene rings is 1. The number of likely N-dealkylation sites (tertiary alicyclic amines) is 1. The predicted octanol–water partition coefficient (Wildman–Crippen LogP) is 3.55. The first-order valence-corrected chi connectivity index (χ1v) is 8.25. The largest absolute Gasteiger partial charge is 0.480 e. The van der Waals surface area contributed by atoms with Gasteiger partial charge in [-0.25, -0.2) is 9.37 Å². The lowest BCUT2D eigenvalue weighted by Crippen LogP contribution is -2.33. The van der Waals surface area contributed by atoms with Crippen LogP contribution in [0.1, 0.15) is 24.1 Å². The highest BCUT2D eigenvalue weighted by molar-refractivity contribution is 5.50. The van der Waals surface area contributed by atoms with Crippen LogP contribution in [0.25, 0.3) is 6.08 Å². The standard InChI is InChI=1S/C19H22FN3O/c1-24-19-18(21-10-11-22-19)14-23-12-8-15(9-13-23)6-7-16-4-2-3-5-17(16)20/h2-7,10-11,15H,8-9,12-14H2,1H3. The number of aromatic nitrogens is 2. The van der Waals surface area contributed by atoms with Crippen LogP contribution in [0.5, 0.6) is 5.88 Å². The number of hydrogen-bond acceptors (Lipinski definition) is 4. The maximum atomic E-state index is 13.6. The highest BCUT2D eigenvalue weighted by atomic mass is 19.1. The molecule has 126 valence electrons. The third-order valence-electron chi connectivity index (χ3n) is 4.39. The minimum atomic E-state index is -0.166. The maximum absolute atomic E-state index is 13.6. The number of nitrogens with zero attached hydrogens (tertiary/aromatic N) is 3. The van der Waals surface area contributed by atoms with E-state index in [1.54, 1.807) is 31.6 Å². The lowest BCUT2D eigenvalue weighted by molar-refractivity contribution is 0.191. The molecular weight excluding hydrogens is 305 g/mol. The predicted molar refractivity (Wildman–Crippen MR) is 92.0 cm³/mol. The number of halogens is 1. The van der Waals surface area contributed by atoms with Gasteiger partial charge in [-0.1, -0.05) is 30.4 Å². The fourth-order valence-corrected chi connectivity index (χ4v) is 3.00. The SMILES string of the molecule is COc1nccnc1CN1CCC(C=Cc2ccccc2F)CC1. The molecule has 0 unspecified atom stereocenters. The summed E-state index contributed by atoms with van der Waals surface area (Å²) in [7, 11) is 1.62. The molecule has 0 saturated carbocycles. The van der Waals surface area contributed by atoms with Gasteiger partial charge < -0.3 is 4.74 Å². The highest BCUT2D eigenvalue weighted by Crippen LogP contribution is 2.23. The second kappa shape index (κ2) is 8.02. The summed E-state index contributed by atoms with van der Waals surface area (Å²) in [4.78, 5) is 10.9. The van der Waals surface area contributed by atoms with E-state index in [0.717, 1.165) is 38.2 Å². The minimum Gasteiger partial charge on any atom is -0.480 e. The zero-order valence-corrected chi connectivity index (χ0v) is 13.9. The Bertz CT molecular complexity index is 697. The molecule has 1 aromatic carbocycles. The summed E-state index contributed by atoms with van der Waals surface area (Å²) in [5.74, 6) is 0.921. The van der Waals surface area contributed by atoms with Gasteiger partial charge in [0, 0.05) is 24.5 Å². The molecule has 0 bridgehead atoms. The second-order valence-electron chi connectivity index (χ2n) is 6.01. The minimum absolute atomic E-state index is 0.166. The van der Waals surface area contributed by atoms with Gasteiger partial charge >= 0.3 is 0 Å². The van der Waals surface area contributed by atoms with E-state index in [1.165, 1.54) is 6.07 Å². The zero-order chi connectivity index (χ0) is 16.8. The molecule has 1 aromatic heterocycles. The zero-order valence-electron chi connectivity index (χ0n) is 13.9. The number of ether oxygens (including phenoxy) is 1. The van der Waals surface area contributed by atoms with E-state index in [0.29, 0.717) is 17.4 Å². The fraction of sp³-hybridized carbons (Fsp3) is 0.368. The summed E-state index contributed by atoms with van der Waals surface area (Å²) in [5.41, 5.74) is 1.53. The summed E-state index contributed by atoms with van der Waals surface area (Å²) >= 11 is 0. The van der Waals surface area contributed by atoms with E-state index in [4.69, 9.17) is 4.74 Å². The van der Waals surface area contributed by atoms with Crippen LogP contribution in [-0.2, 0) is 6.54 Å². The van der Waals surface area contributed by atoms with Crippen LogP contribution >= 0.6 is 0 Å². The first-order chi connectivity index (χ1) is 11.8. The van der Waals surface area contributed by atoms with Crippen LogP contribution in [0.15, 0.2) is 42.7 Å². The van der Waals surface area contributed by atoms with Crippen LogP contribution < -0.4 is 4.74 Å². The van der Waals surface area contributed by atoms with Crippen LogP contribution in [-0.4, -0.2) is 35.1 Å². The highest BCUT2D eigenvalue weighted by Gasteiger charge is 2.19. The molecule has 3 rings (SSSR count). The Morgan fingerprint density at radius 2 is 1.96 bits per heavy atom. The van der Waals surface area contributed by atoms with Crippen LogP contribution in [0, 0.1) is 11.7 Å². The lowest BCUT2D eigenvalue weighted by Gasteiger charge is -2.30. The van der Waals surface area contributed by atoms with Crippen LogP contribution in [0.3, 0.4) is 0 Å². The molecule has 0 N–H and O–H groups in total. The topological polar surface area (TPSA) is 38.3 Å². The van der Waals surface area contributed by atoms with Gasteiger partial charge in [-0.3, -0.25) is 9.88 Å². The molecule has 2 heterocycles. The lowest BCUT2D eigenvalue weighted by atomic mass is 9.95. The summed E-state index contributed by atoms with van der Waals surface area (Å²) in [5, 5.41) is 0. The van der Waals surface area contributed by atoms with Crippen molar-refractivity contribution in [3.8, 4) is 5.88 Å². The van der Waals surface area contributed by atoms with Crippen molar-refractivity contribution >= 4 is 6.08 Å². The van der Waals surface area contributed by atoms with Crippen molar-refractivity contribution in [1.29, 1.82) is 0 Å². The second-order valence-corrected chi connectivity index (χ2v) is 6.01. The van der Waals surface area contributed by atoms with Gasteiger partial charge in [-0.15, -0.1) is 0 Å². The number of methoxy groups -OCH3 is 1. The first kappa shape index (κ1) is 16.6. The molecular formula is C19H22FN3O. The van der Waals surface area contributed by atoms with E-state index >= 15 is 0 Å². The molecule has 24 heavy (non-hydrogen) atoms. The van der Waals surface area contributed by atoms with Gasteiger partial charge in [-0.05, 0) is 37.9 Å². The van der Waals surface area contributed by atoms with E-state index in [-0.39, 0.29) is 5.82 Å². The van der Waals surface area contributed by atoms with E-state index in [9.17, 15) is 4.39 Å². The number of hydrogen-bond donors (Lipinski definition) is 0. The van der Waals surface area contributed by atoms with E-state index in [2.05, 4.69) is 20.9 Å². The van der Waals surface area contributed by atoms with Gasteiger partial charge in [0.15, 0.2) is 0 Å². The average molecular weight is 327 g/mol. The molecule has 1 fully saturated rings. The van der Waals surface area contributed by atoms with Crippen molar-refractivity contribution in [2.45, 2.75) is 19.4 Å². The van der Waals surface area contributed by atoms with Crippen molar-refractivity contribution in [3.63, 3.8) is 0 Å². The number of piperidine rings is 1. The van der Waals surface area contributed by atoms with Crippen molar-refractivity contribution in [2.75, 3.05) is 20.2 Å². The Balaban J connectivity index is 1.53. The van der Waals surface area contributed by atoms with Crippen LogP contribution in [0.4, 0.5) is 4.39 Å². The summed E-state index contributed by atoms with van der Waals surface area (Å²) in [6.45, 7) is 2.73. The number of rotatable bonds is 5. The maximum Gasteiger partial charge on any atom is 0.236 e.